The molecule has 3 nitrogen and oxygen atoms in total. The lowest BCUT2D eigenvalue weighted by Crippen LogP contribution is -2.34. The summed E-state index contributed by atoms with van der Waals surface area (Å²) in [6.07, 6.45) is -0.558. The molecular weight excluding hydrogens is 313 g/mol. The van der Waals surface area contributed by atoms with Gasteiger partial charge in [-0.15, -0.1) is 0 Å². The van der Waals surface area contributed by atoms with Gasteiger partial charge in [-0.25, -0.2) is 9.18 Å². The highest BCUT2D eigenvalue weighted by atomic mass is 79.9. The van der Waals surface area contributed by atoms with E-state index in [1.807, 2.05) is 0 Å². The summed E-state index contributed by atoms with van der Waals surface area (Å²) in [5.41, 5.74) is 0.384. The third-order valence-corrected chi connectivity index (χ3v) is 2.91. The molecule has 0 saturated heterocycles. The van der Waals surface area contributed by atoms with Crippen molar-refractivity contribution in [2.24, 2.45) is 0 Å². The summed E-state index contributed by atoms with van der Waals surface area (Å²) in [6, 6.07) is 2.88. The summed E-state index contributed by atoms with van der Waals surface area (Å²) in [4.78, 5) is 11.7. The number of alkyl carbamates (subject to hydrolysis) is 1. The van der Waals surface area contributed by atoms with Gasteiger partial charge in [-0.05, 0) is 52.3 Å². The number of benzene rings is 1. The first-order valence-electron chi connectivity index (χ1n) is 6.05. The van der Waals surface area contributed by atoms with Crippen molar-refractivity contribution in [1.82, 2.24) is 5.32 Å². The van der Waals surface area contributed by atoms with Crippen LogP contribution in [0.25, 0.3) is 0 Å². The molecule has 1 amide bonds. The van der Waals surface area contributed by atoms with Crippen LogP contribution in [0.1, 0.15) is 44.9 Å². The lowest BCUT2D eigenvalue weighted by atomic mass is 10.0. The number of carbonyl (C=O) groups excluding carboxylic acids is 1. The number of nitrogens with one attached hydrogen (secondary N) is 1. The fourth-order valence-corrected chi connectivity index (χ4v) is 2.22. The lowest BCUT2D eigenvalue weighted by Gasteiger charge is -2.22. The summed E-state index contributed by atoms with van der Waals surface area (Å²) >= 11 is 3.32. The normalized spacial score (nSPS) is 13.0. The van der Waals surface area contributed by atoms with Crippen LogP contribution in [0.5, 0.6) is 0 Å². The van der Waals surface area contributed by atoms with Gasteiger partial charge < -0.3 is 10.1 Å². The van der Waals surface area contributed by atoms with Crippen molar-refractivity contribution in [2.45, 2.75) is 46.3 Å². The molecule has 1 aromatic carbocycles. The monoisotopic (exact) mass is 331 g/mol. The van der Waals surface area contributed by atoms with E-state index < -0.39 is 17.7 Å². The average Bonchev–Trinajstić information content (AvgIpc) is 2.20. The number of amides is 1. The van der Waals surface area contributed by atoms with E-state index >= 15 is 0 Å². The van der Waals surface area contributed by atoms with Crippen LogP contribution >= 0.6 is 15.9 Å². The van der Waals surface area contributed by atoms with Gasteiger partial charge in [0.25, 0.3) is 0 Å². The Hall–Kier alpha value is -1.10. The van der Waals surface area contributed by atoms with E-state index in [1.165, 1.54) is 0 Å². The van der Waals surface area contributed by atoms with E-state index in [4.69, 9.17) is 4.74 Å². The first-order chi connectivity index (χ1) is 8.60. The quantitative estimate of drug-likeness (QED) is 0.867. The average molecular weight is 332 g/mol. The number of carbonyl (C=O) groups is 1. The summed E-state index contributed by atoms with van der Waals surface area (Å²) in [5.74, 6) is -0.313. The predicted octanol–water partition coefficient (Wildman–Crippen LogP) is 4.48. The zero-order valence-electron chi connectivity index (χ0n) is 11.8. The van der Waals surface area contributed by atoms with Gasteiger partial charge in [0.2, 0.25) is 0 Å². The molecule has 106 valence electrons. The molecule has 1 rings (SSSR count). The van der Waals surface area contributed by atoms with Crippen molar-refractivity contribution in [3.05, 3.63) is 33.5 Å². The van der Waals surface area contributed by atoms with Gasteiger partial charge in [0, 0.05) is 10.0 Å². The first kappa shape index (κ1) is 16.0. The van der Waals surface area contributed by atoms with E-state index in [9.17, 15) is 9.18 Å². The van der Waals surface area contributed by atoms with Crippen molar-refractivity contribution >= 4 is 22.0 Å². The highest BCUT2D eigenvalue weighted by molar-refractivity contribution is 9.10. The smallest absolute Gasteiger partial charge is 0.408 e. The molecule has 0 aliphatic heterocycles. The minimum absolute atomic E-state index is 0.313. The molecule has 1 aromatic rings. The zero-order chi connectivity index (χ0) is 14.8. The molecule has 19 heavy (non-hydrogen) atoms. The van der Waals surface area contributed by atoms with Crippen LogP contribution in [0.4, 0.5) is 9.18 Å². The SMILES string of the molecule is Cc1cc(Br)cc(C(C)NC(=O)OC(C)(C)C)c1F. The third-order valence-electron chi connectivity index (χ3n) is 2.45. The minimum atomic E-state index is -0.574. The number of rotatable bonds is 2. The largest absolute Gasteiger partial charge is 0.444 e. The Bertz CT molecular complexity index is 483. The van der Waals surface area contributed by atoms with Crippen molar-refractivity contribution < 1.29 is 13.9 Å². The highest BCUT2D eigenvalue weighted by Gasteiger charge is 2.20. The molecule has 0 bridgehead atoms. The van der Waals surface area contributed by atoms with E-state index in [2.05, 4.69) is 21.2 Å². The second kappa shape index (κ2) is 5.90. The fourth-order valence-electron chi connectivity index (χ4n) is 1.63. The van der Waals surface area contributed by atoms with Gasteiger partial charge in [-0.2, -0.15) is 0 Å². The van der Waals surface area contributed by atoms with Gasteiger partial charge in [-0.1, -0.05) is 15.9 Å². The van der Waals surface area contributed by atoms with Crippen LogP contribution in [-0.2, 0) is 4.74 Å². The Morgan fingerprint density at radius 3 is 2.53 bits per heavy atom. The van der Waals surface area contributed by atoms with Gasteiger partial charge in [0.05, 0.1) is 6.04 Å². The first-order valence-corrected chi connectivity index (χ1v) is 6.84. The Kier molecular flexibility index (Phi) is 4.96. The number of hydrogen-bond donors (Lipinski definition) is 1. The number of hydrogen-bond acceptors (Lipinski definition) is 2. The topological polar surface area (TPSA) is 38.3 Å². The third kappa shape index (κ3) is 4.82. The maximum atomic E-state index is 14.0. The van der Waals surface area contributed by atoms with Crippen LogP contribution in [0.15, 0.2) is 16.6 Å². The number of ether oxygens (including phenoxy) is 1. The molecule has 0 radical (unpaired) electrons. The van der Waals surface area contributed by atoms with Gasteiger partial charge in [-0.3, -0.25) is 0 Å². The van der Waals surface area contributed by atoms with Crippen molar-refractivity contribution in [1.29, 1.82) is 0 Å². The van der Waals surface area contributed by atoms with E-state index in [0.717, 1.165) is 4.47 Å². The highest BCUT2D eigenvalue weighted by Crippen LogP contribution is 2.25. The Labute approximate surface area is 121 Å². The molecular formula is C14H19BrFNO2. The summed E-state index contributed by atoms with van der Waals surface area (Å²) < 4.78 is 19.9. The molecule has 0 saturated carbocycles. The predicted molar refractivity (Wildman–Crippen MR) is 76.6 cm³/mol. The lowest BCUT2D eigenvalue weighted by molar-refractivity contribution is 0.0507. The Balaban J connectivity index is 2.84. The van der Waals surface area contributed by atoms with Gasteiger partial charge in [0.1, 0.15) is 11.4 Å². The zero-order valence-corrected chi connectivity index (χ0v) is 13.4. The molecule has 5 heteroatoms. The number of halogens is 2. The molecule has 0 aromatic heterocycles. The standard InChI is InChI=1S/C14H19BrFNO2/c1-8-6-10(15)7-11(12(8)16)9(2)17-13(18)19-14(3,4)5/h6-7,9H,1-5H3,(H,17,18). The molecule has 1 unspecified atom stereocenters. The molecule has 0 aliphatic rings. The fraction of sp³-hybridized carbons (Fsp3) is 0.500. The van der Waals surface area contributed by atoms with Crippen LogP contribution in [0.3, 0.4) is 0 Å². The molecule has 0 heterocycles. The van der Waals surface area contributed by atoms with Crippen LogP contribution in [0, 0.1) is 12.7 Å². The second-order valence-electron chi connectivity index (χ2n) is 5.49. The molecule has 0 aliphatic carbocycles. The van der Waals surface area contributed by atoms with Crippen LogP contribution < -0.4 is 5.32 Å². The molecule has 0 spiro atoms. The molecule has 0 fully saturated rings. The maximum absolute atomic E-state index is 14.0. The summed E-state index contributed by atoms with van der Waals surface area (Å²) in [7, 11) is 0. The van der Waals surface area contributed by atoms with Gasteiger partial charge >= 0.3 is 6.09 Å². The van der Waals surface area contributed by atoms with Crippen LogP contribution in [0.2, 0.25) is 0 Å². The second-order valence-corrected chi connectivity index (χ2v) is 6.41. The van der Waals surface area contributed by atoms with E-state index in [1.54, 1.807) is 46.8 Å². The van der Waals surface area contributed by atoms with E-state index in [-0.39, 0.29) is 5.82 Å². The number of aryl methyl sites for hydroxylation is 1. The Morgan fingerprint density at radius 2 is 2.00 bits per heavy atom. The Morgan fingerprint density at radius 1 is 1.42 bits per heavy atom. The summed E-state index contributed by atoms with van der Waals surface area (Å²) in [5, 5.41) is 2.63. The van der Waals surface area contributed by atoms with Crippen molar-refractivity contribution in [2.75, 3.05) is 0 Å². The summed E-state index contributed by atoms with van der Waals surface area (Å²) in [6.45, 7) is 8.74. The van der Waals surface area contributed by atoms with Gasteiger partial charge in [0.15, 0.2) is 0 Å². The van der Waals surface area contributed by atoms with Crippen LogP contribution in [-0.4, -0.2) is 11.7 Å². The minimum Gasteiger partial charge on any atom is -0.444 e. The molecule has 1 atom stereocenters. The van der Waals surface area contributed by atoms with E-state index in [0.29, 0.717) is 11.1 Å². The molecule has 1 N–H and O–H groups in total. The van der Waals surface area contributed by atoms with Crippen molar-refractivity contribution in [3.8, 4) is 0 Å². The maximum Gasteiger partial charge on any atom is 0.408 e. The van der Waals surface area contributed by atoms with Crippen molar-refractivity contribution in [3.63, 3.8) is 0 Å².